The molecule has 2 fully saturated rings. The van der Waals surface area contributed by atoms with Gasteiger partial charge in [0.1, 0.15) is 0 Å². The Morgan fingerprint density at radius 1 is 1.42 bits per heavy atom. The quantitative estimate of drug-likeness (QED) is 0.870. The smallest absolute Gasteiger partial charge is 0.261 e. The van der Waals surface area contributed by atoms with Crippen LogP contribution < -0.4 is 11.1 Å². The van der Waals surface area contributed by atoms with E-state index in [9.17, 15) is 4.79 Å². The van der Waals surface area contributed by atoms with Gasteiger partial charge in [0.25, 0.3) is 5.91 Å². The molecule has 1 aromatic rings. The maximum atomic E-state index is 12.3. The number of aryl methyl sites for hydroxylation is 1. The van der Waals surface area contributed by atoms with E-state index in [1.807, 2.05) is 6.92 Å². The maximum Gasteiger partial charge on any atom is 0.261 e. The molecule has 3 N–H and O–H groups in total. The first kappa shape index (κ1) is 12.9. The summed E-state index contributed by atoms with van der Waals surface area (Å²) in [5.74, 6) is 0.0437. The van der Waals surface area contributed by atoms with E-state index < -0.39 is 0 Å². The fourth-order valence-electron chi connectivity index (χ4n) is 3.26. The summed E-state index contributed by atoms with van der Waals surface area (Å²) >= 11 is 1.48. The van der Waals surface area contributed by atoms with Crippen LogP contribution in [0.3, 0.4) is 0 Å². The Kier molecular flexibility index (Phi) is 3.50. The molecule has 3 rings (SSSR count). The zero-order chi connectivity index (χ0) is 13.4. The van der Waals surface area contributed by atoms with Crippen molar-refractivity contribution in [3.63, 3.8) is 0 Å². The van der Waals surface area contributed by atoms with Crippen LogP contribution in [0.5, 0.6) is 0 Å². The first-order chi connectivity index (χ1) is 9.15. The van der Waals surface area contributed by atoms with E-state index in [1.165, 1.54) is 37.1 Å². The van der Waals surface area contributed by atoms with Gasteiger partial charge in [-0.1, -0.05) is 6.42 Å². The molecule has 0 spiro atoms. The van der Waals surface area contributed by atoms with Crippen molar-refractivity contribution in [1.29, 1.82) is 0 Å². The Labute approximate surface area is 118 Å². The molecule has 2 unspecified atom stereocenters. The van der Waals surface area contributed by atoms with E-state index in [-0.39, 0.29) is 5.91 Å². The van der Waals surface area contributed by atoms with Crippen LogP contribution in [0.2, 0.25) is 0 Å². The molecule has 2 saturated heterocycles. The van der Waals surface area contributed by atoms with Crippen molar-refractivity contribution in [3.05, 3.63) is 15.8 Å². The van der Waals surface area contributed by atoms with Crippen LogP contribution in [0.4, 0.5) is 5.69 Å². The Morgan fingerprint density at radius 3 is 3.00 bits per heavy atom. The maximum absolute atomic E-state index is 12.3. The summed E-state index contributed by atoms with van der Waals surface area (Å²) < 4.78 is 0. The van der Waals surface area contributed by atoms with Crippen LogP contribution in [0.1, 0.15) is 40.2 Å². The van der Waals surface area contributed by atoms with E-state index in [2.05, 4.69) is 10.2 Å². The predicted molar refractivity (Wildman–Crippen MR) is 78.6 cm³/mol. The number of nitrogens with two attached hydrogens (primary N) is 1. The first-order valence-corrected chi connectivity index (χ1v) is 7.87. The van der Waals surface area contributed by atoms with Crippen LogP contribution in [0.25, 0.3) is 0 Å². The molecule has 1 aromatic heterocycles. The second-order valence-electron chi connectivity index (χ2n) is 5.59. The van der Waals surface area contributed by atoms with Crippen LogP contribution in [-0.2, 0) is 0 Å². The van der Waals surface area contributed by atoms with E-state index in [1.54, 1.807) is 6.07 Å². The van der Waals surface area contributed by atoms with Gasteiger partial charge in [-0.3, -0.25) is 9.69 Å². The van der Waals surface area contributed by atoms with E-state index in [0.29, 0.717) is 12.1 Å². The van der Waals surface area contributed by atoms with Gasteiger partial charge >= 0.3 is 0 Å². The molecule has 0 radical (unpaired) electrons. The molecule has 19 heavy (non-hydrogen) atoms. The molecule has 0 aliphatic carbocycles. The second-order valence-corrected chi connectivity index (χ2v) is 6.85. The van der Waals surface area contributed by atoms with Gasteiger partial charge in [0.2, 0.25) is 0 Å². The van der Waals surface area contributed by atoms with Crippen LogP contribution in [0, 0.1) is 6.92 Å². The highest BCUT2D eigenvalue weighted by atomic mass is 32.1. The standard InChI is InChI=1S/C14H21N3OS/c1-9-10(15)8-13(19-9)14(18)16-11-5-7-17-6-3-2-4-12(11)17/h8,11-12H,2-7,15H2,1H3,(H,16,18). The third-order valence-electron chi connectivity index (χ3n) is 4.35. The molecule has 4 nitrogen and oxygen atoms in total. The molecular formula is C14H21N3OS. The zero-order valence-corrected chi connectivity index (χ0v) is 12.1. The molecule has 3 heterocycles. The average molecular weight is 279 g/mol. The molecule has 0 bridgehead atoms. The highest BCUT2D eigenvalue weighted by Gasteiger charge is 2.36. The summed E-state index contributed by atoms with van der Waals surface area (Å²) in [5, 5.41) is 3.21. The average Bonchev–Trinajstić information content (AvgIpc) is 2.95. The molecule has 0 saturated carbocycles. The fourth-order valence-corrected chi connectivity index (χ4v) is 4.11. The summed E-state index contributed by atoms with van der Waals surface area (Å²) in [4.78, 5) is 16.6. The van der Waals surface area contributed by atoms with E-state index >= 15 is 0 Å². The number of carbonyl (C=O) groups is 1. The fraction of sp³-hybridized carbons (Fsp3) is 0.643. The minimum atomic E-state index is 0.0437. The Morgan fingerprint density at radius 2 is 2.26 bits per heavy atom. The number of anilines is 1. The SMILES string of the molecule is Cc1sc(C(=O)NC2CCN3CCCCC23)cc1N. The molecule has 2 aliphatic heterocycles. The van der Waals surface area contributed by atoms with Crippen LogP contribution >= 0.6 is 11.3 Å². The number of fused-ring (bicyclic) bond motifs is 1. The van der Waals surface area contributed by atoms with E-state index in [4.69, 9.17) is 5.73 Å². The number of hydrogen-bond donors (Lipinski definition) is 2. The monoisotopic (exact) mass is 279 g/mol. The van der Waals surface area contributed by atoms with Crippen molar-refractivity contribution in [2.45, 2.75) is 44.7 Å². The zero-order valence-electron chi connectivity index (χ0n) is 11.3. The normalized spacial score (nSPS) is 27.2. The number of nitrogen functional groups attached to an aromatic ring is 1. The summed E-state index contributed by atoms with van der Waals surface area (Å²) in [6, 6.07) is 2.66. The third-order valence-corrected chi connectivity index (χ3v) is 5.42. The number of piperidine rings is 1. The molecular weight excluding hydrogens is 258 g/mol. The van der Waals surface area contributed by atoms with Crippen molar-refractivity contribution in [2.75, 3.05) is 18.8 Å². The number of hydrogen-bond acceptors (Lipinski definition) is 4. The lowest BCUT2D eigenvalue weighted by Crippen LogP contribution is -2.46. The van der Waals surface area contributed by atoms with Gasteiger partial charge in [0.05, 0.1) is 4.88 Å². The predicted octanol–water partition coefficient (Wildman–Crippen LogP) is 2.00. The number of thiophene rings is 1. The molecule has 104 valence electrons. The Bertz CT molecular complexity index is 466. The van der Waals surface area contributed by atoms with Gasteiger partial charge in [-0.05, 0) is 38.8 Å². The van der Waals surface area contributed by atoms with Gasteiger partial charge in [-0.25, -0.2) is 0 Å². The summed E-state index contributed by atoms with van der Waals surface area (Å²) in [5.41, 5.74) is 6.54. The highest BCUT2D eigenvalue weighted by molar-refractivity contribution is 7.14. The number of rotatable bonds is 2. The highest BCUT2D eigenvalue weighted by Crippen LogP contribution is 2.28. The second kappa shape index (κ2) is 5.13. The van der Waals surface area contributed by atoms with Crippen molar-refractivity contribution in [2.24, 2.45) is 0 Å². The minimum Gasteiger partial charge on any atom is -0.398 e. The van der Waals surface area contributed by atoms with Gasteiger partial charge in [-0.2, -0.15) is 0 Å². The lowest BCUT2D eigenvalue weighted by atomic mass is 9.99. The Hall–Kier alpha value is -1.07. The van der Waals surface area contributed by atoms with Gasteiger partial charge in [0.15, 0.2) is 0 Å². The summed E-state index contributed by atoms with van der Waals surface area (Å²) in [7, 11) is 0. The van der Waals surface area contributed by atoms with Crippen molar-refractivity contribution in [3.8, 4) is 0 Å². The number of amides is 1. The number of carbonyl (C=O) groups excluding carboxylic acids is 1. The largest absolute Gasteiger partial charge is 0.398 e. The minimum absolute atomic E-state index is 0.0437. The number of nitrogens with zero attached hydrogens (tertiary/aromatic N) is 1. The Balaban J connectivity index is 1.66. The van der Waals surface area contributed by atoms with Crippen molar-refractivity contribution >= 4 is 22.9 Å². The molecule has 2 atom stereocenters. The van der Waals surface area contributed by atoms with Gasteiger partial charge < -0.3 is 11.1 Å². The molecule has 0 aromatic carbocycles. The summed E-state index contributed by atoms with van der Waals surface area (Å²) in [6.07, 6.45) is 4.89. The van der Waals surface area contributed by atoms with Crippen LogP contribution in [0.15, 0.2) is 6.07 Å². The lowest BCUT2D eigenvalue weighted by Gasteiger charge is -2.32. The molecule has 2 aliphatic rings. The third kappa shape index (κ3) is 2.49. The van der Waals surface area contributed by atoms with Gasteiger partial charge in [0, 0.05) is 29.2 Å². The van der Waals surface area contributed by atoms with E-state index in [0.717, 1.165) is 28.4 Å². The first-order valence-electron chi connectivity index (χ1n) is 7.06. The van der Waals surface area contributed by atoms with Crippen molar-refractivity contribution in [1.82, 2.24) is 10.2 Å². The van der Waals surface area contributed by atoms with Gasteiger partial charge in [-0.15, -0.1) is 11.3 Å². The topological polar surface area (TPSA) is 58.4 Å². The molecule has 5 heteroatoms. The molecule has 1 amide bonds. The summed E-state index contributed by atoms with van der Waals surface area (Å²) in [6.45, 7) is 4.28. The lowest BCUT2D eigenvalue weighted by molar-refractivity contribution is 0.0919. The number of nitrogens with one attached hydrogen (secondary N) is 1. The van der Waals surface area contributed by atoms with Crippen molar-refractivity contribution < 1.29 is 4.79 Å². The van der Waals surface area contributed by atoms with Crippen LogP contribution in [-0.4, -0.2) is 36.0 Å².